The fourth-order valence-electron chi connectivity index (χ4n) is 2.09. The van der Waals surface area contributed by atoms with Crippen molar-refractivity contribution in [3.8, 4) is 0 Å². The SMILES string of the molecule is CCc1nc(CC(=O)N[C@@H](C)[C@@H](O)c2ccc(F)cc2)cs1. The molecule has 1 aromatic carbocycles. The van der Waals surface area contributed by atoms with Gasteiger partial charge in [-0.1, -0.05) is 19.1 Å². The van der Waals surface area contributed by atoms with Gasteiger partial charge >= 0.3 is 0 Å². The van der Waals surface area contributed by atoms with Crippen LogP contribution in [0.1, 0.15) is 36.2 Å². The van der Waals surface area contributed by atoms with Crippen molar-refractivity contribution in [1.82, 2.24) is 10.3 Å². The molecule has 0 aliphatic heterocycles. The summed E-state index contributed by atoms with van der Waals surface area (Å²) in [5.41, 5.74) is 1.30. The Balaban J connectivity index is 1.91. The summed E-state index contributed by atoms with van der Waals surface area (Å²) in [6.07, 6.45) is 0.161. The lowest BCUT2D eigenvalue weighted by Gasteiger charge is -2.20. The zero-order valence-corrected chi connectivity index (χ0v) is 13.4. The largest absolute Gasteiger partial charge is 0.386 e. The fraction of sp³-hybridized carbons (Fsp3) is 0.375. The van der Waals surface area contributed by atoms with Crippen LogP contribution in [-0.4, -0.2) is 22.0 Å². The normalized spacial score (nSPS) is 13.6. The van der Waals surface area contributed by atoms with Crippen LogP contribution in [0.25, 0.3) is 0 Å². The Morgan fingerprint density at radius 3 is 2.68 bits per heavy atom. The first-order valence-electron chi connectivity index (χ1n) is 7.15. The molecule has 118 valence electrons. The minimum atomic E-state index is -0.883. The van der Waals surface area contributed by atoms with Gasteiger partial charge in [-0.05, 0) is 31.0 Å². The number of rotatable bonds is 6. The van der Waals surface area contributed by atoms with Gasteiger partial charge in [0.05, 0.1) is 29.3 Å². The number of hydrogen-bond donors (Lipinski definition) is 2. The van der Waals surface area contributed by atoms with Crippen molar-refractivity contribution < 1.29 is 14.3 Å². The monoisotopic (exact) mass is 322 g/mol. The standard InChI is InChI=1S/C16H19FN2O2S/c1-3-15-19-13(9-22-15)8-14(20)18-10(2)16(21)11-4-6-12(17)7-5-11/h4-7,9-10,16,21H,3,8H2,1-2H3,(H,18,20)/t10-,16+/m0/s1. The average molecular weight is 322 g/mol. The predicted octanol–water partition coefficient (Wildman–Crippen LogP) is 2.63. The molecule has 0 spiro atoms. The highest BCUT2D eigenvalue weighted by molar-refractivity contribution is 7.09. The first-order chi connectivity index (χ1) is 10.5. The molecule has 0 aliphatic rings. The molecule has 4 nitrogen and oxygen atoms in total. The van der Waals surface area contributed by atoms with E-state index in [9.17, 15) is 14.3 Å². The number of aliphatic hydroxyl groups excluding tert-OH is 1. The van der Waals surface area contributed by atoms with Gasteiger partial charge in [-0.2, -0.15) is 0 Å². The summed E-state index contributed by atoms with van der Waals surface area (Å²) in [6, 6.07) is 5.12. The summed E-state index contributed by atoms with van der Waals surface area (Å²) in [5.74, 6) is -0.551. The van der Waals surface area contributed by atoms with Crippen LogP contribution in [0.15, 0.2) is 29.6 Å². The molecule has 1 aromatic heterocycles. The van der Waals surface area contributed by atoms with Gasteiger partial charge in [0.15, 0.2) is 0 Å². The van der Waals surface area contributed by atoms with Gasteiger partial charge in [0.25, 0.3) is 0 Å². The molecule has 2 atom stereocenters. The molecule has 1 heterocycles. The van der Waals surface area contributed by atoms with Gasteiger partial charge in [-0.15, -0.1) is 11.3 Å². The second kappa shape index (κ2) is 7.47. The molecule has 2 rings (SSSR count). The van der Waals surface area contributed by atoms with Gasteiger partial charge < -0.3 is 10.4 Å². The van der Waals surface area contributed by atoms with Gasteiger partial charge in [0.2, 0.25) is 5.91 Å². The highest BCUT2D eigenvalue weighted by Crippen LogP contribution is 2.17. The summed E-state index contributed by atoms with van der Waals surface area (Å²) in [5, 5.41) is 15.8. The van der Waals surface area contributed by atoms with Crippen LogP contribution in [-0.2, 0) is 17.6 Å². The van der Waals surface area contributed by atoms with Gasteiger partial charge in [-0.25, -0.2) is 9.37 Å². The number of thiazole rings is 1. The highest BCUT2D eigenvalue weighted by atomic mass is 32.1. The Labute approximate surface area is 133 Å². The number of nitrogens with zero attached hydrogens (tertiary/aromatic N) is 1. The van der Waals surface area contributed by atoms with E-state index in [0.29, 0.717) is 5.56 Å². The van der Waals surface area contributed by atoms with E-state index in [1.807, 2.05) is 12.3 Å². The Kier molecular flexibility index (Phi) is 5.63. The minimum Gasteiger partial charge on any atom is -0.386 e. The van der Waals surface area contributed by atoms with Crippen molar-refractivity contribution in [2.75, 3.05) is 0 Å². The van der Waals surface area contributed by atoms with Crippen LogP contribution in [0.5, 0.6) is 0 Å². The van der Waals surface area contributed by atoms with E-state index < -0.39 is 12.1 Å². The molecule has 2 aromatic rings. The summed E-state index contributed by atoms with van der Waals surface area (Å²) in [6.45, 7) is 3.73. The third-order valence-electron chi connectivity index (χ3n) is 3.32. The minimum absolute atomic E-state index is 0.191. The molecule has 0 radical (unpaired) electrons. The molecule has 0 fully saturated rings. The maximum absolute atomic E-state index is 12.9. The molecule has 1 amide bonds. The summed E-state index contributed by atoms with van der Waals surface area (Å²) < 4.78 is 12.9. The van der Waals surface area contributed by atoms with Crippen LogP contribution in [0.3, 0.4) is 0 Å². The lowest BCUT2D eigenvalue weighted by Crippen LogP contribution is -2.38. The number of amides is 1. The second-order valence-corrected chi connectivity index (χ2v) is 6.06. The molecule has 0 aliphatic carbocycles. The fourth-order valence-corrected chi connectivity index (χ4v) is 2.83. The summed E-state index contributed by atoms with van der Waals surface area (Å²) in [7, 11) is 0. The number of benzene rings is 1. The number of halogens is 1. The van der Waals surface area contributed by atoms with E-state index in [4.69, 9.17) is 0 Å². The van der Waals surface area contributed by atoms with Crippen LogP contribution in [0, 0.1) is 5.82 Å². The molecule has 22 heavy (non-hydrogen) atoms. The quantitative estimate of drug-likeness (QED) is 0.859. The first-order valence-corrected chi connectivity index (χ1v) is 8.03. The number of carbonyl (C=O) groups is 1. The van der Waals surface area contributed by atoms with Crippen molar-refractivity contribution in [2.45, 2.75) is 38.8 Å². The van der Waals surface area contributed by atoms with Crippen LogP contribution in [0.4, 0.5) is 4.39 Å². The molecule has 0 saturated carbocycles. The maximum atomic E-state index is 12.9. The van der Waals surface area contributed by atoms with E-state index in [2.05, 4.69) is 10.3 Å². The van der Waals surface area contributed by atoms with E-state index in [-0.39, 0.29) is 18.1 Å². The number of aryl methyl sites for hydroxylation is 1. The number of aliphatic hydroxyl groups is 1. The van der Waals surface area contributed by atoms with E-state index >= 15 is 0 Å². The number of hydrogen-bond acceptors (Lipinski definition) is 4. The molecule has 2 N–H and O–H groups in total. The first kappa shape index (κ1) is 16.6. The van der Waals surface area contributed by atoms with Crippen molar-refractivity contribution >= 4 is 17.2 Å². The van der Waals surface area contributed by atoms with Gasteiger partial charge in [-0.3, -0.25) is 4.79 Å². The maximum Gasteiger partial charge on any atom is 0.226 e. The lowest BCUT2D eigenvalue weighted by atomic mass is 10.0. The highest BCUT2D eigenvalue weighted by Gasteiger charge is 2.19. The molecular formula is C16H19FN2O2S. The zero-order chi connectivity index (χ0) is 16.1. The van der Waals surface area contributed by atoms with Crippen molar-refractivity contribution in [3.05, 3.63) is 51.7 Å². The predicted molar refractivity (Wildman–Crippen MR) is 84.2 cm³/mol. The van der Waals surface area contributed by atoms with Crippen LogP contribution >= 0.6 is 11.3 Å². The molecule has 0 saturated heterocycles. The Morgan fingerprint density at radius 2 is 2.09 bits per heavy atom. The van der Waals surface area contributed by atoms with Gasteiger partial charge in [0.1, 0.15) is 5.82 Å². The average Bonchev–Trinajstić information content (AvgIpc) is 2.94. The van der Waals surface area contributed by atoms with E-state index in [1.165, 1.54) is 35.6 Å². The molecule has 0 unspecified atom stereocenters. The Morgan fingerprint density at radius 1 is 1.41 bits per heavy atom. The van der Waals surface area contributed by atoms with Crippen LogP contribution < -0.4 is 5.32 Å². The van der Waals surface area contributed by atoms with Crippen molar-refractivity contribution in [3.63, 3.8) is 0 Å². The summed E-state index contributed by atoms with van der Waals surface area (Å²) >= 11 is 1.54. The Hall–Kier alpha value is -1.79. The van der Waals surface area contributed by atoms with Crippen molar-refractivity contribution in [1.29, 1.82) is 0 Å². The topological polar surface area (TPSA) is 62.2 Å². The number of nitrogens with one attached hydrogen (secondary N) is 1. The molecule has 6 heteroatoms. The number of aromatic nitrogens is 1. The van der Waals surface area contributed by atoms with Gasteiger partial charge in [0, 0.05) is 5.38 Å². The third kappa shape index (κ3) is 4.35. The molecular weight excluding hydrogens is 303 g/mol. The van der Waals surface area contributed by atoms with Crippen molar-refractivity contribution in [2.24, 2.45) is 0 Å². The van der Waals surface area contributed by atoms with Crippen LogP contribution in [0.2, 0.25) is 0 Å². The smallest absolute Gasteiger partial charge is 0.226 e. The zero-order valence-electron chi connectivity index (χ0n) is 12.5. The Bertz CT molecular complexity index is 627. The second-order valence-electron chi connectivity index (χ2n) is 5.12. The molecule has 0 bridgehead atoms. The lowest BCUT2D eigenvalue weighted by molar-refractivity contribution is -0.121. The van der Waals surface area contributed by atoms with E-state index in [0.717, 1.165) is 17.1 Å². The summed E-state index contributed by atoms with van der Waals surface area (Å²) in [4.78, 5) is 16.3. The number of carbonyl (C=O) groups excluding carboxylic acids is 1. The van der Waals surface area contributed by atoms with E-state index in [1.54, 1.807) is 6.92 Å². The third-order valence-corrected chi connectivity index (χ3v) is 4.36.